The normalized spacial score (nSPS) is 10.8. The van der Waals surface area contributed by atoms with Crippen LogP contribution in [0.2, 0.25) is 5.02 Å². The molecular formula is C15H14ClN5O2. The number of nitrogens with zero attached hydrogens (tertiary/aromatic N) is 4. The highest BCUT2D eigenvalue weighted by molar-refractivity contribution is 6.32. The van der Waals surface area contributed by atoms with Crippen LogP contribution in [0.25, 0.3) is 5.69 Å². The first-order chi connectivity index (χ1) is 11.0. The summed E-state index contributed by atoms with van der Waals surface area (Å²) in [5.74, 6) is 0.155. The summed E-state index contributed by atoms with van der Waals surface area (Å²) in [5.41, 5.74) is 2.61. The first-order valence-corrected chi connectivity index (χ1v) is 7.28. The lowest BCUT2D eigenvalue weighted by atomic mass is 10.2. The standard InChI is InChI=1S/C15H14ClN5O2/c1-8-13(10(3)23-19-8)17-15(22)14-9(2)21(20-18-14)12-7-5-4-6-11(12)16/h4-7H,1-3H3,(H,17,22). The van der Waals surface area contributed by atoms with Crippen molar-refractivity contribution in [3.63, 3.8) is 0 Å². The zero-order valence-electron chi connectivity index (χ0n) is 12.8. The van der Waals surface area contributed by atoms with Gasteiger partial charge in [-0.25, -0.2) is 4.68 Å². The number of halogens is 1. The quantitative estimate of drug-likeness (QED) is 0.797. The predicted molar refractivity (Wildman–Crippen MR) is 85.0 cm³/mol. The van der Waals surface area contributed by atoms with Gasteiger partial charge in [0.15, 0.2) is 11.5 Å². The molecule has 0 radical (unpaired) electrons. The summed E-state index contributed by atoms with van der Waals surface area (Å²) in [6, 6.07) is 7.22. The molecule has 0 spiro atoms. The molecule has 0 fully saturated rings. The number of anilines is 1. The summed E-state index contributed by atoms with van der Waals surface area (Å²) in [6.45, 7) is 5.23. The van der Waals surface area contributed by atoms with E-state index in [0.717, 1.165) is 0 Å². The fourth-order valence-electron chi connectivity index (χ4n) is 2.23. The lowest BCUT2D eigenvalue weighted by Crippen LogP contribution is -2.15. The van der Waals surface area contributed by atoms with Crippen LogP contribution in [0.4, 0.5) is 5.69 Å². The van der Waals surface area contributed by atoms with Gasteiger partial charge in [-0.1, -0.05) is 34.1 Å². The Kier molecular flexibility index (Phi) is 3.87. The molecule has 2 aromatic heterocycles. The molecule has 118 valence electrons. The maximum Gasteiger partial charge on any atom is 0.278 e. The maximum absolute atomic E-state index is 12.4. The second-order valence-electron chi connectivity index (χ2n) is 5.04. The predicted octanol–water partition coefficient (Wildman–Crippen LogP) is 3.09. The highest BCUT2D eigenvalue weighted by Crippen LogP contribution is 2.23. The van der Waals surface area contributed by atoms with Crippen LogP contribution in [0.3, 0.4) is 0 Å². The van der Waals surface area contributed by atoms with Crippen molar-refractivity contribution < 1.29 is 9.32 Å². The minimum Gasteiger partial charge on any atom is -0.359 e. The van der Waals surface area contributed by atoms with Crippen LogP contribution >= 0.6 is 11.6 Å². The molecule has 0 aliphatic rings. The molecule has 1 amide bonds. The molecule has 3 aromatic rings. The van der Waals surface area contributed by atoms with Crippen molar-refractivity contribution in [2.24, 2.45) is 0 Å². The van der Waals surface area contributed by atoms with Gasteiger partial charge in [-0.05, 0) is 32.9 Å². The molecule has 0 atom stereocenters. The van der Waals surface area contributed by atoms with Gasteiger partial charge in [0.2, 0.25) is 0 Å². The van der Waals surface area contributed by atoms with Crippen molar-refractivity contribution in [1.29, 1.82) is 0 Å². The highest BCUT2D eigenvalue weighted by Gasteiger charge is 2.21. The molecule has 1 N–H and O–H groups in total. The van der Waals surface area contributed by atoms with Gasteiger partial charge in [0.05, 0.1) is 16.4 Å². The van der Waals surface area contributed by atoms with Crippen LogP contribution in [0.5, 0.6) is 0 Å². The molecule has 2 heterocycles. The van der Waals surface area contributed by atoms with Crippen LogP contribution in [0, 0.1) is 20.8 Å². The SMILES string of the molecule is Cc1noc(C)c1NC(=O)c1nnn(-c2ccccc2Cl)c1C. The van der Waals surface area contributed by atoms with Gasteiger partial charge in [-0.3, -0.25) is 4.79 Å². The fourth-order valence-corrected chi connectivity index (χ4v) is 2.44. The van der Waals surface area contributed by atoms with Crippen molar-refractivity contribution in [2.75, 3.05) is 5.32 Å². The average Bonchev–Trinajstić information content (AvgIpc) is 3.05. The van der Waals surface area contributed by atoms with Gasteiger partial charge in [0, 0.05) is 0 Å². The van der Waals surface area contributed by atoms with E-state index in [9.17, 15) is 4.79 Å². The molecule has 0 saturated carbocycles. The van der Waals surface area contributed by atoms with E-state index in [1.54, 1.807) is 32.9 Å². The maximum atomic E-state index is 12.4. The highest BCUT2D eigenvalue weighted by atomic mass is 35.5. The second-order valence-corrected chi connectivity index (χ2v) is 5.45. The zero-order chi connectivity index (χ0) is 16.6. The summed E-state index contributed by atoms with van der Waals surface area (Å²) in [7, 11) is 0. The number of para-hydroxylation sites is 1. The Labute approximate surface area is 137 Å². The van der Waals surface area contributed by atoms with E-state index in [4.69, 9.17) is 16.1 Å². The Morgan fingerprint density at radius 1 is 1.26 bits per heavy atom. The van der Waals surface area contributed by atoms with E-state index in [2.05, 4.69) is 20.8 Å². The third-order valence-corrected chi connectivity index (χ3v) is 3.78. The zero-order valence-corrected chi connectivity index (χ0v) is 13.5. The van der Waals surface area contributed by atoms with Crippen molar-refractivity contribution >= 4 is 23.2 Å². The smallest absolute Gasteiger partial charge is 0.278 e. The molecule has 0 saturated heterocycles. The molecule has 0 aliphatic carbocycles. The Balaban J connectivity index is 1.93. The number of carbonyl (C=O) groups is 1. The van der Waals surface area contributed by atoms with Crippen molar-refractivity contribution in [1.82, 2.24) is 20.2 Å². The number of hydrogen-bond acceptors (Lipinski definition) is 5. The average molecular weight is 332 g/mol. The monoisotopic (exact) mass is 331 g/mol. The molecule has 7 nitrogen and oxygen atoms in total. The molecule has 0 bridgehead atoms. The van der Waals surface area contributed by atoms with Gasteiger partial charge >= 0.3 is 0 Å². The van der Waals surface area contributed by atoms with Crippen LogP contribution in [-0.2, 0) is 0 Å². The number of hydrogen-bond donors (Lipinski definition) is 1. The molecule has 0 aliphatic heterocycles. The van der Waals surface area contributed by atoms with Gasteiger partial charge < -0.3 is 9.84 Å². The minimum atomic E-state index is -0.379. The van der Waals surface area contributed by atoms with E-state index in [1.807, 2.05) is 12.1 Å². The van der Waals surface area contributed by atoms with Gasteiger partial charge in [-0.15, -0.1) is 5.10 Å². The summed E-state index contributed by atoms with van der Waals surface area (Å²) >= 11 is 6.17. The van der Waals surface area contributed by atoms with Crippen LogP contribution in [0.15, 0.2) is 28.8 Å². The lowest BCUT2D eigenvalue weighted by Gasteiger charge is -2.06. The summed E-state index contributed by atoms with van der Waals surface area (Å²) in [4.78, 5) is 12.4. The summed E-state index contributed by atoms with van der Waals surface area (Å²) < 4.78 is 6.56. The molecule has 1 aromatic carbocycles. The molecule has 0 unspecified atom stereocenters. The van der Waals surface area contributed by atoms with E-state index in [0.29, 0.717) is 33.5 Å². The first-order valence-electron chi connectivity index (χ1n) is 6.90. The summed E-state index contributed by atoms with van der Waals surface area (Å²) in [6.07, 6.45) is 0. The molecule has 8 heteroatoms. The lowest BCUT2D eigenvalue weighted by molar-refractivity contribution is 0.102. The largest absolute Gasteiger partial charge is 0.359 e. The Bertz CT molecular complexity index is 864. The van der Waals surface area contributed by atoms with Crippen LogP contribution in [0.1, 0.15) is 27.6 Å². The van der Waals surface area contributed by atoms with Crippen molar-refractivity contribution in [2.45, 2.75) is 20.8 Å². The Morgan fingerprint density at radius 2 is 2.00 bits per heavy atom. The number of aryl methyl sites for hydroxylation is 2. The molecule has 3 rings (SSSR count). The van der Waals surface area contributed by atoms with E-state index >= 15 is 0 Å². The number of amides is 1. The van der Waals surface area contributed by atoms with Crippen LogP contribution in [-0.4, -0.2) is 26.1 Å². The Hall–Kier alpha value is -2.67. The van der Waals surface area contributed by atoms with Gasteiger partial charge in [0.1, 0.15) is 11.4 Å². The van der Waals surface area contributed by atoms with E-state index in [-0.39, 0.29) is 11.6 Å². The topological polar surface area (TPSA) is 85.8 Å². The third kappa shape index (κ3) is 2.70. The number of benzene rings is 1. The van der Waals surface area contributed by atoms with Crippen LogP contribution < -0.4 is 5.32 Å². The van der Waals surface area contributed by atoms with Gasteiger partial charge in [0.25, 0.3) is 5.91 Å². The molecular weight excluding hydrogens is 318 g/mol. The van der Waals surface area contributed by atoms with Crippen molar-refractivity contribution in [3.05, 3.63) is 52.1 Å². The first kappa shape index (κ1) is 15.2. The molecule has 23 heavy (non-hydrogen) atoms. The summed E-state index contributed by atoms with van der Waals surface area (Å²) in [5, 5.41) is 15.1. The van der Waals surface area contributed by atoms with Crippen molar-refractivity contribution in [3.8, 4) is 5.69 Å². The number of aromatic nitrogens is 4. The second kappa shape index (κ2) is 5.85. The minimum absolute atomic E-state index is 0.213. The number of nitrogens with one attached hydrogen (secondary N) is 1. The number of carbonyl (C=O) groups excluding carboxylic acids is 1. The number of rotatable bonds is 3. The van der Waals surface area contributed by atoms with E-state index < -0.39 is 0 Å². The fraction of sp³-hybridized carbons (Fsp3) is 0.200. The Morgan fingerprint density at radius 3 is 2.65 bits per heavy atom. The third-order valence-electron chi connectivity index (χ3n) is 3.46. The van der Waals surface area contributed by atoms with E-state index in [1.165, 1.54) is 4.68 Å². The van der Waals surface area contributed by atoms with Gasteiger partial charge in [-0.2, -0.15) is 0 Å².